The Balaban J connectivity index is 1.76. The zero-order valence-electron chi connectivity index (χ0n) is 16.6. The molecule has 0 aliphatic carbocycles. The van der Waals surface area contributed by atoms with Crippen molar-refractivity contribution in [2.24, 2.45) is 0 Å². The first-order valence-electron chi connectivity index (χ1n) is 9.15. The van der Waals surface area contributed by atoms with E-state index < -0.39 is 10.0 Å². The number of hydrogen-bond acceptors (Lipinski definition) is 5. The minimum absolute atomic E-state index is 0.0670. The molecule has 156 valence electrons. The van der Waals surface area contributed by atoms with Crippen LogP contribution in [0.1, 0.15) is 10.4 Å². The maximum atomic E-state index is 13.0. The summed E-state index contributed by atoms with van der Waals surface area (Å²) in [5.74, 6) is 0.583. The molecule has 1 heterocycles. The Labute approximate surface area is 176 Å². The van der Waals surface area contributed by atoms with Gasteiger partial charge in [-0.3, -0.25) is 4.79 Å². The average Bonchev–Trinajstić information content (AvgIpc) is 2.73. The van der Waals surface area contributed by atoms with Crippen molar-refractivity contribution in [2.45, 2.75) is 4.90 Å². The van der Waals surface area contributed by atoms with Crippen LogP contribution in [-0.2, 0) is 10.0 Å². The molecule has 1 amide bonds. The molecule has 1 aliphatic heterocycles. The second-order valence-corrected chi connectivity index (χ2v) is 9.41. The number of carbonyl (C=O) groups excluding carboxylic acids is 1. The van der Waals surface area contributed by atoms with Crippen molar-refractivity contribution in [3.8, 4) is 5.75 Å². The SMILES string of the molecule is COc1ccccc1N1CCN(C(=O)c2ccc(Cl)c(S(=O)(=O)N(C)C)c2)CC1. The van der Waals surface area contributed by atoms with Crippen LogP contribution < -0.4 is 9.64 Å². The lowest BCUT2D eigenvalue weighted by Gasteiger charge is -2.36. The standard InChI is InChI=1S/C20H24ClN3O4S/c1-22(2)29(26,27)19-14-15(8-9-16(19)21)20(25)24-12-10-23(11-13-24)17-6-4-5-7-18(17)28-3/h4-9,14H,10-13H2,1-3H3. The highest BCUT2D eigenvalue weighted by Gasteiger charge is 2.26. The summed E-state index contributed by atoms with van der Waals surface area (Å²) in [6, 6.07) is 12.1. The van der Waals surface area contributed by atoms with E-state index in [4.69, 9.17) is 16.3 Å². The number of rotatable bonds is 5. The number of sulfonamides is 1. The predicted octanol–water partition coefficient (Wildman–Crippen LogP) is 2.56. The molecule has 3 rings (SSSR count). The second kappa shape index (κ2) is 8.61. The van der Waals surface area contributed by atoms with E-state index in [9.17, 15) is 13.2 Å². The Hall–Kier alpha value is -2.29. The number of hydrogen-bond donors (Lipinski definition) is 0. The number of para-hydroxylation sites is 2. The van der Waals surface area contributed by atoms with Gasteiger partial charge in [-0.1, -0.05) is 23.7 Å². The van der Waals surface area contributed by atoms with Gasteiger partial charge in [-0.2, -0.15) is 0 Å². The average molecular weight is 438 g/mol. The molecule has 0 N–H and O–H groups in total. The van der Waals surface area contributed by atoms with E-state index in [1.54, 1.807) is 18.1 Å². The van der Waals surface area contributed by atoms with Crippen molar-refractivity contribution in [2.75, 3.05) is 52.3 Å². The Morgan fingerprint density at radius 1 is 1.07 bits per heavy atom. The first-order chi connectivity index (χ1) is 13.8. The number of carbonyl (C=O) groups is 1. The Morgan fingerprint density at radius 2 is 1.72 bits per heavy atom. The molecule has 2 aromatic carbocycles. The van der Waals surface area contributed by atoms with Crippen LogP contribution in [0.4, 0.5) is 5.69 Å². The Morgan fingerprint density at radius 3 is 2.34 bits per heavy atom. The number of ether oxygens (including phenoxy) is 1. The molecule has 0 atom stereocenters. The van der Waals surface area contributed by atoms with Gasteiger partial charge < -0.3 is 14.5 Å². The van der Waals surface area contributed by atoms with Crippen molar-refractivity contribution >= 4 is 33.2 Å². The highest BCUT2D eigenvalue weighted by Crippen LogP contribution is 2.29. The highest BCUT2D eigenvalue weighted by atomic mass is 35.5. The van der Waals surface area contributed by atoms with Gasteiger partial charge in [0.1, 0.15) is 10.6 Å². The number of nitrogens with zero attached hydrogens (tertiary/aromatic N) is 3. The number of piperazine rings is 1. The molecule has 0 saturated carbocycles. The molecule has 0 radical (unpaired) electrons. The third-order valence-corrected chi connectivity index (χ3v) is 7.23. The summed E-state index contributed by atoms with van der Waals surface area (Å²) < 4.78 is 31.4. The second-order valence-electron chi connectivity index (χ2n) is 6.88. The maximum absolute atomic E-state index is 13.0. The molecule has 1 aliphatic rings. The van der Waals surface area contributed by atoms with Crippen LogP contribution in [0.2, 0.25) is 5.02 Å². The largest absolute Gasteiger partial charge is 0.495 e. The quantitative estimate of drug-likeness (QED) is 0.719. The highest BCUT2D eigenvalue weighted by molar-refractivity contribution is 7.89. The number of benzene rings is 2. The van der Waals surface area contributed by atoms with E-state index in [1.165, 1.54) is 26.2 Å². The van der Waals surface area contributed by atoms with Gasteiger partial charge in [-0.05, 0) is 30.3 Å². The third-order valence-electron chi connectivity index (χ3n) is 4.93. The fourth-order valence-electron chi connectivity index (χ4n) is 3.25. The van der Waals surface area contributed by atoms with E-state index in [0.29, 0.717) is 31.7 Å². The van der Waals surface area contributed by atoms with Crippen molar-refractivity contribution in [1.82, 2.24) is 9.21 Å². The molecule has 0 bridgehead atoms. The minimum atomic E-state index is -3.74. The number of halogens is 1. The summed E-state index contributed by atoms with van der Waals surface area (Å²) >= 11 is 6.08. The van der Waals surface area contributed by atoms with Crippen LogP contribution in [0.25, 0.3) is 0 Å². The molecule has 1 fully saturated rings. The van der Waals surface area contributed by atoms with Gasteiger partial charge in [0.05, 0.1) is 17.8 Å². The molecule has 0 aromatic heterocycles. The van der Waals surface area contributed by atoms with Crippen LogP contribution in [0.5, 0.6) is 5.75 Å². The molecule has 0 spiro atoms. The third kappa shape index (κ3) is 4.34. The lowest BCUT2D eigenvalue weighted by Crippen LogP contribution is -2.48. The number of amides is 1. The first kappa shape index (κ1) is 21.4. The van der Waals surface area contributed by atoms with Gasteiger partial charge in [0, 0.05) is 45.8 Å². The molecule has 9 heteroatoms. The Kier molecular flexibility index (Phi) is 6.36. The minimum Gasteiger partial charge on any atom is -0.495 e. The maximum Gasteiger partial charge on any atom is 0.254 e. The number of methoxy groups -OCH3 is 1. The van der Waals surface area contributed by atoms with Crippen LogP contribution >= 0.6 is 11.6 Å². The zero-order valence-corrected chi connectivity index (χ0v) is 18.2. The monoisotopic (exact) mass is 437 g/mol. The fourth-order valence-corrected chi connectivity index (χ4v) is 4.65. The van der Waals surface area contributed by atoms with Crippen LogP contribution in [0.3, 0.4) is 0 Å². The first-order valence-corrected chi connectivity index (χ1v) is 11.0. The van der Waals surface area contributed by atoms with Crippen LogP contribution in [-0.4, -0.2) is 70.9 Å². The summed E-state index contributed by atoms with van der Waals surface area (Å²) in [7, 11) is 0.755. The molecule has 0 unspecified atom stereocenters. The summed E-state index contributed by atoms with van der Waals surface area (Å²) in [6.45, 7) is 2.36. The molecule has 29 heavy (non-hydrogen) atoms. The van der Waals surface area contributed by atoms with Gasteiger partial charge >= 0.3 is 0 Å². The lowest BCUT2D eigenvalue weighted by atomic mass is 10.1. The van der Waals surface area contributed by atoms with E-state index in [-0.39, 0.29) is 15.8 Å². The molecule has 7 nitrogen and oxygen atoms in total. The van der Waals surface area contributed by atoms with Gasteiger partial charge in [-0.25, -0.2) is 12.7 Å². The molecule has 2 aromatic rings. The van der Waals surface area contributed by atoms with E-state index in [2.05, 4.69) is 4.90 Å². The van der Waals surface area contributed by atoms with Gasteiger partial charge in [0.2, 0.25) is 10.0 Å². The summed E-state index contributed by atoms with van der Waals surface area (Å²) in [6.07, 6.45) is 0. The smallest absolute Gasteiger partial charge is 0.254 e. The normalized spacial score (nSPS) is 14.9. The number of anilines is 1. The summed E-state index contributed by atoms with van der Waals surface area (Å²) in [5, 5.41) is 0.0937. The van der Waals surface area contributed by atoms with E-state index in [0.717, 1.165) is 15.7 Å². The van der Waals surface area contributed by atoms with Crippen molar-refractivity contribution in [1.29, 1.82) is 0 Å². The van der Waals surface area contributed by atoms with Crippen molar-refractivity contribution in [3.63, 3.8) is 0 Å². The molecular weight excluding hydrogens is 414 g/mol. The molecular formula is C20H24ClN3O4S. The van der Waals surface area contributed by atoms with E-state index >= 15 is 0 Å². The predicted molar refractivity (Wildman–Crippen MR) is 113 cm³/mol. The topological polar surface area (TPSA) is 70.2 Å². The Bertz CT molecular complexity index is 1000. The van der Waals surface area contributed by atoms with E-state index in [1.807, 2.05) is 24.3 Å². The molecule has 1 saturated heterocycles. The summed E-state index contributed by atoms with van der Waals surface area (Å²) in [4.78, 5) is 16.8. The van der Waals surface area contributed by atoms with Crippen LogP contribution in [0.15, 0.2) is 47.4 Å². The van der Waals surface area contributed by atoms with Crippen LogP contribution in [0, 0.1) is 0 Å². The van der Waals surface area contributed by atoms with Gasteiger partial charge in [-0.15, -0.1) is 0 Å². The van der Waals surface area contributed by atoms with Gasteiger partial charge in [0.25, 0.3) is 5.91 Å². The lowest BCUT2D eigenvalue weighted by molar-refractivity contribution is 0.0746. The summed E-state index contributed by atoms with van der Waals surface area (Å²) in [5.41, 5.74) is 1.30. The van der Waals surface area contributed by atoms with Crippen molar-refractivity contribution < 1.29 is 17.9 Å². The van der Waals surface area contributed by atoms with Crippen molar-refractivity contribution in [3.05, 3.63) is 53.1 Å². The zero-order chi connectivity index (χ0) is 21.2. The fraction of sp³-hybridized carbons (Fsp3) is 0.350. The van der Waals surface area contributed by atoms with Gasteiger partial charge in [0.15, 0.2) is 0 Å².